The maximum atomic E-state index is 12.1. The molecule has 0 bridgehead atoms. The lowest BCUT2D eigenvalue weighted by atomic mass is 10.3. The Morgan fingerprint density at radius 2 is 1.61 bits per heavy atom. The number of rotatable bonds is 8. The third kappa shape index (κ3) is 5.38. The first-order chi connectivity index (χ1) is 11.0. The van der Waals surface area contributed by atoms with Crippen LogP contribution in [0.3, 0.4) is 0 Å². The summed E-state index contributed by atoms with van der Waals surface area (Å²) in [6, 6.07) is 17.2. The van der Waals surface area contributed by atoms with Crippen molar-refractivity contribution in [3.8, 4) is 0 Å². The fourth-order valence-corrected chi connectivity index (χ4v) is 3.95. The van der Waals surface area contributed by atoms with Gasteiger partial charge in [0.25, 0.3) is 0 Å². The Morgan fingerprint density at radius 1 is 1.04 bits per heavy atom. The average molecular weight is 351 g/mol. The first kappa shape index (κ1) is 17.5. The van der Waals surface area contributed by atoms with Crippen LogP contribution >= 0.6 is 11.8 Å². The minimum Gasteiger partial charge on any atom is -0.480 e. The number of carbonyl (C=O) groups is 1. The lowest BCUT2D eigenvalue weighted by Crippen LogP contribution is -2.29. The Bertz CT molecular complexity index is 733. The Morgan fingerprint density at radius 3 is 2.17 bits per heavy atom. The van der Waals surface area contributed by atoms with Gasteiger partial charge in [-0.3, -0.25) is 4.79 Å². The van der Waals surface area contributed by atoms with E-state index in [2.05, 4.69) is 4.72 Å². The number of benzene rings is 2. The highest BCUT2D eigenvalue weighted by atomic mass is 32.2. The van der Waals surface area contributed by atoms with E-state index in [1.165, 1.54) is 23.9 Å². The van der Waals surface area contributed by atoms with Crippen LogP contribution < -0.4 is 4.72 Å². The van der Waals surface area contributed by atoms with Crippen LogP contribution in [0.4, 0.5) is 0 Å². The molecule has 0 aliphatic carbocycles. The summed E-state index contributed by atoms with van der Waals surface area (Å²) in [6.45, 7) is 0.0635. The highest BCUT2D eigenvalue weighted by Gasteiger charge is 2.20. The Hall–Kier alpha value is -1.83. The fraction of sp³-hybridized carbons (Fsp3) is 0.188. The second-order valence-corrected chi connectivity index (χ2v) is 7.80. The van der Waals surface area contributed by atoms with E-state index in [4.69, 9.17) is 0 Å². The highest BCUT2D eigenvalue weighted by Crippen LogP contribution is 2.25. The van der Waals surface area contributed by atoms with Gasteiger partial charge in [0.05, 0.1) is 4.90 Å². The molecular weight excluding hydrogens is 334 g/mol. The number of hydrogen-bond acceptors (Lipinski definition) is 4. The summed E-state index contributed by atoms with van der Waals surface area (Å²) in [5.41, 5.74) is 0. The van der Waals surface area contributed by atoms with Crippen LogP contribution in [0, 0.1) is 0 Å². The molecule has 1 atom stereocenters. The molecule has 23 heavy (non-hydrogen) atoms. The fourth-order valence-electron chi connectivity index (χ4n) is 1.90. The van der Waals surface area contributed by atoms with Crippen LogP contribution in [0.1, 0.15) is 6.42 Å². The normalized spacial score (nSPS) is 12.7. The molecular formula is C16H17NO4S2. The molecule has 0 saturated carbocycles. The molecule has 0 radical (unpaired) electrons. The molecule has 0 heterocycles. The summed E-state index contributed by atoms with van der Waals surface area (Å²) in [6.07, 6.45) is 0.195. The summed E-state index contributed by atoms with van der Waals surface area (Å²) < 4.78 is 26.6. The number of hydrogen-bond donors (Lipinski definition) is 2. The first-order valence-electron chi connectivity index (χ1n) is 6.98. The molecule has 2 N–H and O–H groups in total. The number of nitrogens with one attached hydrogen (secondary N) is 1. The molecule has 2 aromatic carbocycles. The lowest BCUT2D eigenvalue weighted by Gasteiger charge is -2.13. The third-order valence-corrected chi connectivity index (χ3v) is 5.79. The maximum Gasteiger partial charge on any atom is 0.317 e. The summed E-state index contributed by atoms with van der Waals surface area (Å²) in [5.74, 6) is -0.960. The van der Waals surface area contributed by atoms with Gasteiger partial charge in [-0.25, -0.2) is 13.1 Å². The second kappa shape index (κ2) is 8.14. The smallest absolute Gasteiger partial charge is 0.317 e. The van der Waals surface area contributed by atoms with E-state index in [0.717, 1.165) is 4.90 Å². The van der Waals surface area contributed by atoms with Gasteiger partial charge < -0.3 is 5.11 Å². The van der Waals surface area contributed by atoms with Gasteiger partial charge in [0, 0.05) is 11.4 Å². The zero-order valence-electron chi connectivity index (χ0n) is 12.3. The van der Waals surface area contributed by atoms with Crippen molar-refractivity contribution >= 4 is 27.8 Å². The van der Waals surface area contributed by atoms with E-state index in [1.54, 1.807) is 18.2 Å². The van der Waals surface area contributed by atoms with Crippen molar-refractivity contribution in [2.24, 2.45) is 0 Å². The minimum absolute atomic E-state index is 0.0635. The molecule has 1 unspecified atom stereocenters. The zero-order chi connectivity index (χ0) is 16.7. The number of carboxylic acid groups (broad SMARTS) is 1. The average Bonchev–Trinajstić information content (AvgIpc) is 2.55. The molecule has 0 spiro atoms. The van der Waals surface area contributed by atoms with Crippen molar-refractivity contribution < 1.29 is 18.3 Å². The van der Waals surface area contributed by atoms with Gasteiger partial charge in [-0.2, -0.15) is 0 Å². The van der Waals surface area contributed by atoms with Gasteiger partial charge in [0.2, 0.25) is 10.0 Å². The van der Waals surface area contributed by atoms with Crippen molar-refractivity contribution in [2.75, 3.05) is 6.54 Å². The molecule has 0 aliphatic rings. The second-order valence-electron chi connectivity index (χ2n) is 4.76. The molecule has 0 aromatic heterocycles. The standard InChI is InChI=1S/C16H17NO4S2/c18-16(19)15(22-13-7-3-1-4-8-13)11-12-17-23(20,21)14-9-5-2-6-10-14/h1-10,15,17H,11-12H2,(H,18,19). The summed E-state index contributed by atoms with van der Waals surface area (Å²) in [4.78, 5) is 12.3. The van der Waals surface area contributed by atoms with Gasteiger partial charge >= 0.3 is 5.97 Å². The molecule has 2 rings (SSSR count). The van der Waals surface area contributed by atoms with E-state index >= 15 is 0 Å². The number of carboxylic acids is 1. The lowest BCUT2D eigenvalue weighted by molar-refractivity contribution is -0.136. The summed E-state index contributed by atoms with van der Waals surface area (Å²) in [7, 11) is -3.61. The highest BCUT2D eigenvalue weighted by molar-refractivity contribution is 8.00. The molecule has 0 saturated heterocycles. The third-order valence-electron chi connectivity index (χ3n) is 3.05. The van der Waals surface area contributed by atoms with Crippen LogP contribution in [-0.2, 0) is 14.8 Å². The van der Waals surface area contributed by atoms with Crippen molar-refractivity contribution in [2.45, 2.75) is 21.5 Å². The van der Waals surface area contributed by atoms with Crippen LogP contribution in [0.5, 0.6) is 0 Å². The van der Waals surface area contributed by atoms with Gasteiger partial charge in [0.15, 0.2) is 0 Å². The summed E-state index contributed by atoms with van der Waals surface area (Å²) >= 11 is 1.21. The Balaban J connectivity index is 1.93. The molecule has 7 heteroatoms. The topological polar surface area (TPSA) is 83.5 Å². The van der Waals surface area contributed by atoms with Gasteiger partial charge in [-0.15, -0.1) is 11.8 Å². The van der Waals surface area contributed by atoms with Crippen LogP contribution in [0.15, 0.2) is 70.5 Å². The van der Waals surface area contributed by atoms with Crippen molar-refractivity contribution in [3.05, 3.63) is 60.7 Å². The van der Waals surface area contributed by atoms with Crippen molar-refractivity contribution in [3.63, 3.8) is 0 Å². The van der Waals surface area contributed by atoms with Gasteiger partial charge in [-0.1, -0.05) is 36.4 Å². The van der Waals surface area contributed by atoms with E-state index in [0.29, 0.717) is 0 Å². The largest absolute Gasteiger partial charge is 0.480 e. The molecule has 2 aromatic rings. The van der Waals surface area contributed by atoms with E-state index in [1.807, 2.05) is 30.3 Å². The molecule has 0 aliphatic heterocycles. The zero-order valence-corrected chi connectivity index (χ0v) is 13.9. The van der Waals surface area contributed by atoms with Crippen LogP contribution in [0.25, 0.3) is 0 Å². The van der Waals surface area contributed by atoms with E-state index < -0.39 is 21.2 Å². The number of sulfonamides is 1. The summed E-state index contributed by atoms with van der Waals surface area (Å²) in [5, 5.41) is 8.57. The number of thioether (sulfide) groups is 1. The quantitative estimate of drug-likeness (QED) is 0.714. The van der Waals surface area contributed by atoms with Gasteiger partial charge in [0.1, 0.15) is 5.25 Å². The minimum atomic E-state index is -3.61. The Kier molecular flexibility index (Phi) is 6.20. The van der Waals surface area contributed by atoms with Crippen LogP contribution in [-0.4, -0.2) is 31.3 Å². The molecule has 5 nitrogen and oxygen atoms in total. The Labute approximate surface area is 139 Å². The molecule has 122 valence electrons. The van der Waals surface area contributed by atoms with E-state index in [9.17, 15) is 18.3 Å². The predicted molar refractivity (Wildman–Crippen MR) is 90.0 cm³/mol. The van der Waals surface area contributed by atoms with Crippen molar-refractivity contribution in [1.29, 1.82) is 0 Å². The SMILES string of the molecule is O=C(O)C(CCNS(=O)(=O)c1ccccc1)Sc1ccccc1. The molecule has 0 amide bonds. The van der Waals surface area contributed by atoms with E-state index in [-0.39, 0.29) is 17.9 Å². The van der Waals surface area contributed by atoms with Gasteiger partial charge in [-0.05, 0) is 30.7 Å². The van der Waals surface area contributed by atoms with Crippen LogP contribution in [0.2, 0.25) is 0 Å². The number of aliphatic carboxylic acids is 1. The molecule has 0 fully saturated rings. The monoisotopic (exact) mass is 351 g/mol. The van der Waals surface area contributed by atoms with Crippen molar-refractivity contribution in [1.82, 2.24) is 4.72 Å². The predicted octanol–water partition coefficient (Wildman–Crippen LogP) is 2.60. The maximum absolute atomic E-state index is 12.1. The first-order valence-corrected chi connectivity index (χ1v) is 9.34.